The molecule has 4 amide bonds. The van der Waals surface area contributed by atoms with Gasteiger partial charge in [0, 0.05) is 47.1 Å². The highest BCUT2D eigenvalue weighted by Gasteiger charge is 2.43. The molecular weight excluding hydrogens is 660 g/mol. The van der Waals surface area contributed by atoms with E-state index in [-0.39, 0.29) is 54.0 Å². The van der Waals surface area contributed by atoms with Crippen LogP contribution in [0.1, 0.15) is 85.1 Å². The number of amides is 4. The number of hydrogen-bond donors (Lipinski definition) is 2. The van der Waals surface area contributed by atoms with Crippen molar-refractivity contribution in [3.63, 3.8) is 0 Å². The Morgan fingerprint density at radius 1 is 0.981 bits per heavy atom. The number of nitrogen functional groups attached to an aromatic ring is 1. The minimum absolute atomic E-state index is 0.0151. The molecule has 3 rings (SSSR count). The second kappa shape index (κ2) is 20.3. The molecule has 2 saturated heterocycles. The zero-order valence-corrected chi connectivity index (χ0v) is 33.6. The number of methoxy groups -OCH3 is 2. The molecular formula is C40H68N6O6. The average molecular weight is 729 g/mol. The van der Waals surface area contributed by atoms with Gasteiger partial charge in [-0.25, -0.2) is 0 Å². The molecule has 52 heavy (non-hydrogen) atoms. The van der Waals surface area contributed by atoms with Gasteiger partial charge in [0.15, 0.2) is 0 Å². The Hall–Kier alpha value is -3.22. The molecule has 2 heterocycles. The average Bonchev–Trinajstić information content (AvgIpc) is 3.61. The quantitative estimate of drug-likeness (QED) is 0.218. The largest absolute Gasteiger partial charge is 0.399 e. The first-order chi connectivity index (χ1) is 24.7. The van der Waals surface area contributed by atoms with Crippen LogP contribution in [-0.4, -0.2) is 135 Å². The summed E-state index contributed by atoms with van der Waals surface area (Å²) in [5.41, 5.74) is 7.70. The van der Waals surface area contributed by atoms with Crippen LogP contribution in [0.15, 0.2) is 24.3 Å². The summed E-state index contributed by atoms with van der Waals surface area (Å²) in [6, 6.07) is 6.05. The van der Waals surface area contributed by atoms with E-state index in [1.807, 2.05) is 57.0 Å². The van der Waals surface area contributed by atoms with Gasteiger partial charge in [0.2, 0.25) is 23.6 Å². The first-order valence-corrected chi connectivity index (χ1v) is 19.4. The van der Waals surface area contributed by atoms with Gasteiger partial charge in [0.05, 0.1) is 42.7 Å². The highest BCUT2D eigenvalue weighted by atomic mass is 16.5. The number of likely N-dealkylation sites (tertiary alicyclic amines) is 2. The predicted octanol–water partition coefficient (Wildman–Crippen LogP) is 3.82. The lowest BCUT2D eigenvalue weighted by Gasteiger charge is -2.41. The van der Waals surface area contributed by atoms with E-state index in [9.17, 15) is 19.2 Å². The Balaban J connectivity index is 1.73. The molecule has 0 saturated carbocycles. The van der Waals surface area contributed by atoms with Crippen LogP contribution in [0.4, 0.5) is 5.69 Å². The molecule has 0 bridgehead atoms. The van der Waals surface area contributed by atoms with E-state index in [1.165, 1.54) is 0 Å². The normalized spacial score (nSPS) is 21.6. The molecule has 2 aliphatic heterocycles. The molecule has 294 valence electrons. The number of hydrogen-bond acceptors (Lipinski definition) is 8. The number of rotatable bonds is 18. The first kappa shape index (κ1) is 43.2. The maximum absolute atomic E-state index is 14.2. The van der Waals surface area contributed by atoms with Crippen LogP contribution < -0.4 is 11.1 Å². The highest BCUT2D eigenvalue weighted by Crippen LogP contribution is 2.30. The van der Waals surface area contributed by atoms with E-state index in [0.717, 1.165) is 50.6 Å². The van der Waals surface area contributed by atoms with Gasteiger partial charge < -0.3 is 35.2 Å². The topological polar surface area (TPSA) is 138 Å². The van der Waals surface area contributed by atoms with Crippen molar-refractivity contribution in [2.24, 2.45) is 17.8 Å². The first-order valence-electron chi connectivity index (χ1n) is 19.4. The molecule has 6 unspecified atom stereocenters. The molecule has 1 aromatic rings. The van der Waals surface area contributed by atoms with E-state index >= 15 is 0 Å². The number of anilines is 1. The fourth-order valence-electron chi connectivity index (χ4n) is 8.19. The third-order valence-electron chi connectivity index (χ3n) is 11.6. The van der Waals surface area contributed by atoms with Crippen molar-refractivity contribution in [2.75, 3.05) is 60.7 Å². The van der Waals surface area contributed by atoms with Crippen molar-refractivity contribution in [3.05, 3.63) is 29.8 Å². The SMILES string of the molecule is CCC(C)C(C(CC(=O)N1CCC[C@H]1C(OC)C(C)C(=O)N(C)CCc1cccc(N)c1)OC)N(C)C(=O)C(NC(=O)[C@H]1CCCCN1C)C(C)C. The maximum atomic E-state index is 14.2. The van der Waals surface area contributed by atoms with Gasteiger partial charge in [-0.2, -0.15) is 0 Å². The van der Waals surface area contributed by atoms with Crippen molar-refractivity contribution in [3.8, 4) is 0 Å². The summed E-state index contributed by atoms with van der Waals surface area (Å²) < 4.78 is 12.0. The van der Waals surface area contributed by atoms with E-state index in [4.69, 9.17) is 15.2 Å². The van der Waals surface area contributed by atoms with Gasteiger partial charge in [-0.1, -0.05) is 59.6 Å². The van der Waals surface area contributed by atoms with Gasteiger partial charge in [-0.3, -0.25) is 24.1 Å². The lowest BCUT2D eigenvalue weighted by Crippen LogP contribution is -2.59. The van der Waals surface area contributed by atoms with Crippen molar-refractivity contribution in [1.82, 2.24) is 24.9 Å². The van der Waals surface area contributed by atoms with Gasteiger partial charge in [0.25, 0.3) is 0 Å². The van der Waals surface area contributed by atoms with Gasteiger partial charge in [-0.15, -0.1) is 0 Å². The fraction of sp³-hybridized carbons (Fsp3) is 0.750. The third kappa shape index (κ3) is 10.9. The lowest BCUT2D eigenvalue weighted by molar-refractivity contribution is -0.149. The number of carbonyl (C=O) groups excluding carboxylic acids is 4. The van der Waals surface area contributed by atoms with Crippen LogP contribution in [-0.2, 0) is 35.1 Å². The second-order valence-electron chi connectivity index (χ2n) is 15.6. The van der Waals surface area contributed by atoms with Gasteiger partial charge in [-0.05, 0) is 75.2 Å². The molecule has 3 N–H and O–H groups in total. The Morgan fingerprint density at radius 2 is 1.69 bits per heavy atom. The Kier molecular flexibility index (Phi) is 16.9. The van der Waals surface area contributed by atoms with Crippen LogP contribution in [0.25, 0.3) is 0 Å². The maximum Gasteiger partial charge on any atom is 0.245 e. The Bertz CT molecular complexity index is 1330. The monoisotopic (exact) mass is 729 g/mol. The van der Waals surface area contributed by atoms with Gasteiger partial charge in [0.1, 0.15) is 6.04 Å². The van der Waals surface area contributed by atoms with Crippen LogP contribution in [0, 0.1) is 17.8 Å². The number of nitrogens with two attached hydrogens (primary N) is 1. The minimum Gasteiger partial charge on any atom is -0.399 e. The van der Waals surface area contributed by atoms with Gasteiger partial charge >= 0.3 is 0 Å². The molecule has 12 nitrogen and oxygen atoms in total. The van der Waals surface area contributed by atoms with E-state index in [1.54, 1.807) is 38.1 Å². The Morgan fingerprint density at radius 3 is 2.29 bits per heavy atom. The number of piperidine rings is 1. The summed E-state index contributed by atoms with van der Waals surface area (Å²) in [6.07, 6.45) is 4.82. The smallest absolute Gasteiger partial charge is 0.245 e. The van der Waals surface area contributed by atoms with Crippen molar-refractivity contribution in [2.45, 2.75) is 122 Å². The fourth-order valence-corrected chi connectivity index (χ4v) is 8.19. The minimum atomic E-state index is -0.707. The summed E-state index contributed by atoms with van der Waals surface area (Å²) >= 11 is 0. The number of carbonyl (C=O) groups is 4. The predicted molar refractivity (Wildman–Crippen MR) is 205 cm³/mol. The summed E-state index contributed by atoms with van der Waals surface area (Å²) in [6.45, 7) is 11.9. The molecule has 8 atom stereocenters. The highest BCUT2D eigenvalue weighted by molar-refractivity contribution is 5.90. The Labute approximate surface area is 313 Å². The molecule has 0 radical (unpaired) electrons. The summed E-state index contributed by atoms with van der Waals surface area (Å²) in [5.74, 6) is -1.02. The van der Waals surface area contributed by atoms with E-state index in [0.29, 0.717) is 25.2 Å². The van der Waals surface area contributed by atoms with Crippen molar-refractivity contribution < 1.29 is 28.7 Å². The molecule has 2 aliphatic rings. The molecule has 2 fully saturated rings. The number of nitrogens with zero attached hydrogens (tertiary/aromatic N) is 4. The number of likely N-dealkylation sites (N-methyl/N-ethyl adjacent to an activating group) is 3. The number of ether oxygens (including phenoxy) is 2. The third-order valence-corrected chi connectivity index (χ3v) is 11.6. The molecule has 0 aromatic heterocycles. The zero-order valence-electron chi connectivity index (χ0n) is 33.6. The standard InChI is InChI=1S/C40H68N6O6/c1-11-27(4)36(45(8)40(50)35(26(2)3)42-38(48)32-18-12-13-21-43(32)6)33(51-9)25-34(47)46-22-15-19-31(46)37(52-10)28(5)39(49)44(7)23-20-29-16-14-17-30(41)24-29/h14,16-17,24,26-28,31-33,35-37H,11-13,15,18-23,25,41H2,1-10H3,(H,42,48)/t27?,28?,31-,32+,33?,35?,36?,37?/m0/s1. The number of nitrogens with one attached hydrogen (secondary N) is 1. The van der Waals surface area contributed by atoms with Crippen LogP contribution in [0.5, 0.6) is 0 Å². The molecule has 1 aromatic carbocycles. The second-order valence-corrected chi connectivity index (χ2v) is 15.6. The van der Waals surface area contributed by atoms with Crippen LogP contribution in [0.3, 0.4) is 0 Å². The van der Waals surface area contributed by atoms with Crippen molar-refractivity contribution >= 4 is 29.3 Å². The molecule has 0 spiro atoms. The molecule has 0 aliphatic carbocycles. The summed E-state index contributed by atoms with van der Waals surface area (Å²) in [7, 11) is 8.72. The number of benzene rings is 1. The summed E-state index contributed by atoms with van der Waals surface area (Å²) in [4.78, 5) is 62.8. The van der Waals surface area contributed by atoms with Crippen LogP contribution >= 0.6 is 0 Å². The zero-order chi connectivity index (χ0) is 38.7. The molecule has 12 heteroatoms. The summed E-state index contributed by atoms with van der Waals surface area (Å²) in [5, 5.41) is 3.08. The van der Waals surface area contributed by atoms with E-state index < -0.39 is 30.2 Å². The van der Waals surface area contributed by atoms with E-state index in [2.05, 4.69) is 24.1 Å². The lowest BCUT2D eigenvalue weighted by atomic mass is 9.89. The van der Waals surface area contributed by atoms with Crippen LogP contribution in [0.2, 0.25) is 0 Å². The van der Waals surface area contributed by atoms with Crippen molar-refractivity contribution in [1.29, 1.82) is 0 Å².